The quantitative estimate of drug-likeness (QED) is 0.632. The van der Waals surface area contributed by atoms with Crippen LogP contribution in [0.3, 0.4) is 0 Å². The lowest BCUT2D eigenvalue weighted by Gasteiger charge is -2.19. The van der Waals surface area contributed by atoms with E-state index in [1.807, 2.05) is 0 Å². The number of hydrogen-bond donors (Lipinski definition) is 2. The van der Waals surface area contributed by atoms with Gasteiger partial charge in [0.2, 0.25) is 0 Å². The van der Waals surface area contributed by atoms with Crippen molar-refractivity contribution < 1.29 is 24.2 Å². The van der Waals surface area contributed by atoms with E-state index in [-0.39, 0.29) is 13.0 Å². The number of carbonyl (C=O) groups is 3. The molecule has 0 bridgehead atoms. The highest BCUT2D eigenvalue weighted by atomic mass is 16.5. The average Bonchev–Trinajstić information content (AvgIpc) is 2.15. The fourth-order valence-corrected chi connectivity index (χ4v) is 0.964. The molecule has 7 heteroatoms. The minimum atomic E-state index is -0.997. The van der Waals surface area contributed by atoms with Gasteiger partial charge in [-0.05, 0) is 6.92 Å². The van der Waals surface area contributed by atoms with E-state index in [9.17, 15) is 14.4 Å². The van der Waals surface area contributed by atoms with E-state index in [1.165, 1.54) is 14.2 Å². The number of carboxylic acid groups (broad SMARTS) is 1. The van der Waals surface area contributed by atoms with Crippen molar-refractivity contribution >= 4 is 18.0 Å². The van der Waals surface area contributed by atoms with E-state index in [4.69, 9.17) is 5.11 Å². The second kappa shape index (κ2) is 6.65. The first-order valence-corrected chi connectivity index (χ1v) is 4.67. The molecule has 0 aromatic heterocycles. The molecule has 92 valence electrons. The molecule has 0 aliphatic rings. The summed E-state index contributed by atoms with van der Waals surface area (Å²) in [5, 5.41) is 10.9. The SMILES string of the molecule is COC(=O)CN(C)C(=O)NC(C)CC(=O)O. The van der Waals surface area contributed by atoms with Crippen LogP contribution in [0.5, 0.6) is 0 Å². The highest BCUT2D eigenvalue weighted by Gasteiger charge is 2.16. The monoisotopic (exact) mass is 232 g/mol. The van der Waals surface area contributed by atoms with Gasteiger partial charge in [-0.3, -0.25) is 9.59 Å². The molecule has 2 amide bonds. The summed E-state index contributed by atoms with van der Waals surface area (Å²) < 4.78 is 4.39. The Labute approximate surface area is 93.4 Å². The number of urea groups is 1. The summed E-state index contributed by atoms with van der Waals surface area (Å²) in [4.78, 5) is 33.7. The Balaban J connectivity index is 4.04. The number of carboxylic acids is 1. The number of rotatable bonds is 5. The summed E-state index contributed by atoms with van der Waals surface area (Å²) in [7, 11) is 2.64. The lowest BCUT2D eigenvalue weighted by molar-refractivity contribution is -0.141. The molecule has 16 heavy (non-hydrogen) atoms. The Morgan fingerprint density at radius 1 is 1.44 bits per heavy atom. The first kappa shape index (κ1) is 14.2. The van der Waals surface area contributed by atoms with Crippen LogP contribution in [0.1, 0.15) is 13.3 Å². The Hall–Kier alpha value is -1.79. The Kier molecular flexibility index (Phi) is 5.91. The summed E-state index contributed by atoms with van der Waals surface area (Å²) in [6, 6.07) is -1.01. The van der Waals surface area contributed by atoms with Crippen LogP contribution >= 0.6 is 0 Å². The summed E-state index contributed by atoms with van der Waals surface area (Å²) in [5.41, 5.74) is 0. The van der Waals surface area contributed by atoms with Crippen LogP contribution in [0, 0.1) is 0 Å². The third-order valence-corrected chi connectivity index (χ3v) is 1.79. The number of hydrogen-bond acceptors (Lipinski definition) is 4. The van der Waals surface area contributed by atoms with Crippen molar-refractivity contribution in [3.8, 4) is 0 Å². The second-order valence-electron chi connectivity index (χ2n) is 3.38. The molecule has 0 fully saturated rings. The van der Waals surface area contributed by atoms with Crippen LogP contribution in [0.25, 0.3) is 0 Å². The van der Waals surface area contributed by atoms with Crippen molar-refractivity contribution in [1.29, 1.82) is 0 Å². The topological polar surface area (TPSA) is 95.9 Å². The number of nitrogens with zero attached hydrogens (tertiary/aromatic N) is 1. The molecule has 1 unspecified atom stereocenters. The maximum absolute atomic E-state index is 11.4. The molecule has 0 heterocycles. The third kappa shape index (κ3) is 5.84. The van der Waals surface area contributed by atoms with Crippen molar-refractivity contribution in [1.82, 2.24) is 10.2 Å². The summed E-state index contributed by atoms with van der Waals surface area (Å²) in [6.45, 7) is 1.39. The molecule has 0 aliphatic heterocycles. The summed E-state index contributed by atoms with van der Waals surface area (Å²) in [6.07, 6.45) is -0.169. The molecule has 2 N–H and O–H groups in total. The Morgan fingerprint density at radius 3 is 2.44 bits per heavy atom. The molecule has 0 rings (SSSR count). The van der Waals surface area contributed by atoms with Crippen molar-refractivity contribution in [2.45, 2.75) is 19.4 Å². The van der Waals surface area contributed by atoms with E-state index >= 15 is 0 Å². The third-order valence-electron chi connectivity index (χ3n) is 1.79. The van der Waals surface area contributed by atoms with Gasteiger partial charge < -0.3 is 20.1 Å². The zero-order valence-corrected chi connectivity index (χ0v) is 9.52. The van der Waals surface area contributed by atoms with Gasteiger partial charge >= 0.3 is 18.0 Å². The number of nitrogens with one attached hydrogen (secondary N) is 1. The molecule has 0 saturated carbocycles. The highest BCUT2D eigenvalue weighted by Crippen LogP contribution is 1.93. The standard InChI is InChI=1S/C9H16N2O5/c1-6(4-7(12)13)10-9(15)11(2)5-8(14)16-3/h6H,4-5H2,1-3H3,(H,10,15)(H,12,13). The maximum Gasteiger partial charge on any atom is 0.325 e. The lowest BCUT2D eigenvalue weighted by Crippen LogP contribution is -2.44. The van der Waals surface area contributed by atoms with Crippen LogP contribution in [-0.2, 0) is 14.3 Å². The second-order valence-corrected chi connectivity index (χ2v) is 3.38. The zero-order chi connectivity index (χ0) is 12.7. The number of ether oxygens (including phenoxy) is 1. The Bertz CT molecular complexity index is 279. The molecule has 1 atom stereocenters. The average molecular weight is 232 g/mol. The number of amides is 2. The van der Waals surface area contributed by atoms with E-state index in [1.54, 1.807) is 6.92 Å². The smallest absolute Gasteiger partial charge is 0.325 e. The van der Waals surface area contributed by atoms with Gasteiger partial charge in [0, 0.05) is 13.1 Å². The first-order valence-electron chi connectivity index (χ1n) is 4.67. The number of carbonyl (C=O) groups excluding carboxylic acids is 2. The summed E-state index contributed by atoms with van der Waals surface area (Å²) in [5.74, 6) is -1.54. The highest BCUT2D eigenvalue weighted by molar-refractivity contribution is 5.81. The fraction of sp³-hybridized carbons (Fsp3) is 0.667. The molecule has 0 aromatic rings. The number of likely N-dealkylation sites (N-methyl/N-ethyl adjacent to an activating group) is 1. The molecule has 0 aromatic carbocycles. The van der Waals surface area contributed by atoms with Gasteiger partial charge in [0.1, 0.15) is 6.54 Å². The van der Waals surface area contributed by atoms with E-state index in [0.717, 1.165) is 4.90 Å². The van der Waals surface area contributed by atoms with E-state index in [2.05, 4.69) is 10.1 Å². The Morgan fingerprint density at radius 2 is 2.00 bits per heavy atom. The summed E-state index contributed by atoms with van der Waals surface area (Å²) >= 11 is 0. The number of aliphatic carboxylic acids is 1. The number of esters is 1. The van der Waals surface area contributed by atoms with Gasteiger partial charge in [0.25, 0.3) is 0 Å². The van der Waals surface area contributed by atoms with Gasteiger partial charge in [-0.1, -0.05) is 0 Å². The van der Waals surface area contributed by atoms with Crippen molar-refractivity contribution in [3.63, 3.8) is 0 Å². The molecular formula is C9H16N2O5. The zero-order valence-electron chi connectivity index (χ0n) is 9.52. The van der Waals surface area contributed by atoms with Gasteiger partial charge in [-0.25, -0.2) is 4.79 Å². The van der Waals surface area contributed by atoms with Crippen molar-refractivity contribution in [2.75, 3.05) is 20.7 Å². The molecule has 0 aliphatic carbocycles. The minimum Gasteiger partial charge on any atom is -0.481 e. The van der Waals surface area contributed by atoms with Crippen LogP contribution in [0.4, 0.5) is 4.79 Å². The largest absolute Gasteiger partial charge is 0.481 e. The van der Waals surface area contributed by atoms with Crippen LogP contribution in [0.2, 0.25) is 0 Å². The molecule has 0 radical (unpaired) electrons. The van der Waals surface area contributed by atoms with Crippen LogP contribution < -0.4 is 5.32 Å². The lowest BCUT2D eigenvalue weighted by atomic mass is 10.2. The van der Waals surface area contributed by atoms with E-state index < -0.39 is 24.0 Å². The van der Waals surface area contributed by atoms with Crippen molar-refractivity contribution in [2.24, 2.45) is 0 Å². The van der Waals surface area contributed by atoms with Gasteiger partial charge in [-0.15, -0.1) is 0 Å². The maximum atomic E-state index is 11.4. The normalized spacial score (nSPS) is 11.4. The van der Waals surface area contributed by atoms with Crippen LogP contribution in [0.15, 0.2) is 0 Å². The van der Waals surface area contributed by atoms with Gasteiger partial charge in [-0.2, -0.15) is 0 Å². The molecule has 0 spiro atoms. The predicted molar refractivity (Wildman–Crippen MR) is 54.9 cm³/mol. The van der Waals surface area contributed by atoms with Gasteiger partial charge in [0.05, 0.1) is 13.5 Å². The van der Waals surface area contributed by atoms with Gasteiger partial charge in [0.15, 0.2) is 0 Å². The fourth-order valence-electron chi connectivity index (χ4n) is 0.964. The van der Waals surface area contributed by atoms with Crippen LogP contribution in [-0.4, -0.2) is 54.7 Å². The van der Waals surface area contributed by atoms with E-state index in [0.29, 0.717) is 0 Å². The first-order chi connectivity index (χ1) is 7.36. The predicted octanol–water partition coefficient (Wildman–Crippen LogP) is -0.336. The minimum absolute atomic E-state index is 0.169. The molecular weight excluding hydrogens is 216 g/mol. The number of methoxy groups -OCH3 is 1. The van der Waals surface area contributed by atoms with Crippen molar-refractivity contribution in [3.05, 3.63) is 0 Å². The molecule has 7 nitrogen and oxygen atoms in total. The molecule has 0 saturated heterocycles.